The highest BCUT2D eigenvalue weighted by atomic mass is 79.9. The number of thiazole rings is 1. The third-order valence-corrected chi connectivity index (χ3v) is 8.87. The van der Waals surface area contributed by atoms with Gasteiger partial charge in [0.15, 0.2) is 16.3 Å². The van der Waals surface area contributed by atoms with Crippen LogP contribution in [0.15, 0.2) is 90.7 Å². The smallest absolute Gasteiger partial charge is 0.338 e. The Morgan fingerprint density at radius 2 is 1.66 bits per heavy atom. The fourth-order valence-electron chi connectivity index (χ4n) is 4.86. The number of hydrogen-bond donors (Lipinski definition) is 0. The third kappa shape index (κ3) is 6.69. The molecule has 1 aliphatic rings. The maximum Gasteiger partial charge on any atom is 0.338 e. The van der Waals surface area contributed by atoms with Gasteiger partial charge in [-0.05, 0) is 80.4 Å². The van der Waals surface area contributed by atoms with Gasteiger partial charge in [-0.3, -0.25) is 9.36 Å². The highest BCUT2D eigenvalue weighted by molar-refractivity contribution is 9.10. The van der Waals surface area contributed by atoms with Crippen LogP contribution < -0.4 is 29.1 Å². The Balaban J connectivity index is 1.58. The number of aromatic nitrogens is 1. The molecular formula is C33H30Br2N2O6S. The van der Waals surface area contributed by atoms with Gasteiger partial charge in [0.05, 0.1) is 36.1 Å². The normalized spacial score (nSPS) is 14.7. The number of allylic oxidation sites excluding steroid dienone is 1. The van der Waals surface area contributed by atoms with E-state index in [0.29, 0.717) is 44.4 Å². The van der Waals surface area contributed by atoms with Crippen LogP contribution in [-0.2, 0) is 16.1 Å². The van der Waals surface area contributed by atoms with Crippen molar-refractivity contribution in [3.8, 4) is 17.2 Å². The molecule has 8 nitrogen and oxygen atoms in total. The predicted molar refractivity (Wildman–Crippen MR) is 177 cm³/mol. The van der Waals surface area contributed by atoms with Crippen molar-refractivity contribution in [2.24, 2.45) is 4.99 Å². The molecule has 3 aromatic carbocycles. The number of carbonyl (C=O) groups excluding carboxylic acids is 1. The molecular weight excluding hydrogens is 712 g/mol. The number of halogens is 2. The average Bonchev–Trinajstić information content (AvgIpc) is 3.29. The first-order valence-electron chi connectivity index (χ1n) is 13.7. The highest BCUT2D eigenvalue weighted by Gasteiger charge is 2.35. The number of methoxy groups -OCH3 is 2. The number of ether oxygens (including phenoxy) is 4. The van der Waals surface area contributed by atoms with E-state index in [-0.39, 0.29) is 17.2 Å². The second-order valence-corrected chi connectivity index (χ2v) is 13.1. The fraction of sp³-hybridized carbons (Fsp3) is 0.242. The van der Waals surface area contributed by atoms with Gasteiger partial charge in [-0.1, -0.05) is 61.4 Å². The molecule has 0 radical (unpaired) electrons. The zero-order valence-corrected chi connectivity index (χ0v) is 28.7. The minimum atomic E-state index is -0.809. The van der Waals surface area contributed by atoms with Crippen molar-refractivity contribution in [3.63, 3.8) is 0 Å². The zero-order chi connectivity index (χ0) is 31.5. The number of esters is 1. The van der Waals surface area contributed by atoms with Crippen molar-refractivity contribution in [2.75, 3.05) is 14.2 Å². The molecule has 0 saturated heterocycles. The first kappa shape index (κ1) is 31.7. The molecule has 0 N–H and O–H groups in total. The van der Waals surface area contributed by atoms with Crippen molar-refractivity contribution in [1.82, 2.24) is 4.57 Å². The number of fused-ring (bicyclic) bond motifs is 1. The number of nitrogens with zero attached hydrogens (tertiary/aromatic N) is 2. The zero-order valence-electron chi connectivity index (χ0n) is 24.7. The van der Waals surface area contributed by atoms with Crippen LogP contribution in [0.4, 0.5) is 0 Å². The van der Waals surface area contributed by atoms with Gasteiger partial charge in [-0.25, -0.2) is 9.79 Å². The van der Waals surface area contributed by atoms with Gasteiger partial charge in [0.2, 0.25) is 0 Å². The topological polar surface area (TPSA) is 88.4 Å². The molecule has 0 spiro atoms. The second kappa shape index (κ2) is 13.5. The van der Waals surface area contributed by atoms with Crippen LogP contribution in [0.5, 0.6) is 17.2 Å². The van der Waals surface area contributed by atoms with E-state index in [2.05, 4.69) is 36.9 Å². The maximum absolute atomic E-state index is 14.1. The lowest BCUT2D eigenvalue weighted by molar-refractivity contribution is -0.143. The first-order valence-corrected chi connectivity index (χ1v) is 16.1. The van der Waals surface area contributed by atoms with Crippen LogP contribution >= 0.6 is 43.2 Å². The molecule has 2 heterocycles. The Bertz CT molecular complexity index is 1930. The Hall–Kier alpha value is -3.67. The van der Waals surface area contributed by atoms with Gasteiger partial charge in [-0.15, -0.1) is 0 Å². The highest BCUT2D eigenvalue weighted by Crippen LogP contribution is 2.37. The summed E-state index contributed by atoms with van der Waals surface area (Å²) in [4.78, 5) is 32.7. The van der Waals surface area contributed by atoms with Gasteiger partial charge in [-0.2, -0.15) is 0 Å². The van der Waals surface area contributed by atoms with E-state index in [1.807, 2.05) is 54.6 Å². The average molecular weight is 742 g/mol. The Labute approximate surface area is 275 Å². The molecule has 0 bridgehead atoms. The Morgan fingerprint density at radius 3 is 2.34 bits per heavy atom. The van der Waals surface area contributed by atoms with Gasteiger partial charge in [0.1, 0.15) is 18.4 Å². The van der Waals surface area contributed by atoms with Crippen molar-refractivity contribution >= 4 is 55.2 Å². The van der Waals surface area contributed by atoms with Crippen LogP contribution in [-0.4, -0.2) is 30.9 Å². The van der Waals surface area contributed by atoms with Gasteiger partial charge in [0.25, 0.3) is 5.56 Å². The minimum absolute atomic E-state index is 0.281. The van der Waals surface area contributed by atoms with E-state index in [1.165, 1.54) is 15.9 Å². The minimum Gasteiger partial charge on any atom is -0.496 e. The standard InChI is InChI=1S/C33H30Br2N2O6S/c1-18(2)43-32(39)29-19(3)36-33-37(30(29)24-16-23(35)11-13-25(24)40-4)31(38)28(44-33)15-21-8-12-26(27(14-21)41-5)42-17-20-6-9-22(34)10-7-20/h6-16,18,30H,17H2,1-5H3/b28-15-/t30-/m1/s1. The summed E-state index contributed by atoms with van der Waals surface area (Å²) in [6, 6.07) is 18.1. The summed E-state index contributed by atoms with van der Waals surface area (Å²) < 4.78 is 26.7. The molecule has 0 aliphatic carbocycles. The van der Waals surface area contributed by atoms with Gasteiger partial charge < -0.3 is 18.9 Å². The molecule has 5 rings (SSSR count). The maximum atomic E-state index is 14.1. The summed E-state index contributed by atoms with van der Waals surface area (Å²) >= 11 is 8.22. The van der Waals surface area contributed by atoms with Crippen LogP contribution in [0.25, 0.3) is 6.08 Å². The quantitative estimate of drug-likeness (QED) is 0.187. The summed E-state index contributed by atoms with van der Waals surface area (Å²) in [5.74, 6) is 1.11. The molecule has 0 unspecified atom stereocenters. The largest absolute Gasteiger partial charge is 0.496 e. The van der Waals surface area contributed by atoms with Crippen LogP contribution in [0.1, 0.15) is 43.5 Å². The van der Waals surface area contributed by atoms with Crippen molar-refractivity contribution < 1.29 is 23.7 Å². The number of benzene rings is 3. The van der Waals surface area contributed by atoms with Crippen molar-refractivity contribution in [2.45, 2.75) is 39.5 Å². The van der Waals surface area contributed by atoms with Crippen molar-refractivity contribution in [1.29, 1.82) is 0 Å². The Morgan fingerprint density at radius 1 is 0.977 bits per heavy atom. The number of hydrogen-bond acceptors (Lipinski definition) is 8. The van der Waals surface area contributed by atoms with Crippen LogP contribution in [0.3, 0.4) is 0 Å². The summed E-state index contributed by atoms with van der Waals surface area (Å²) in [7, 11) is 3.13. The molecule has 1 aliphatic heterocycles. The molecule has 11 heteroatoms. The number of rotatable bonds is 9. The van der Waals surface area contributed by atoms with E-state index >= 15 is 0 Å². The van der Waals surface area contributed by atoms with Crippen LogP contribution in [0, 0.1) is 0 Å². The lowest BCUT2D eigenvalue weighted by Gasteiger charge is -2.26. The van der Waals surface area contributed by atoms with E-state index in [9.17, 15) is 9.59 Å². The van der Waals surface area contributed by atoms with Gasteiger partial charge >= 0.3 is 5.97 Å². The fourth-order valence-corrected chi connectivity index (χ4v) is 6.55. The molecule has 4 aromatic rings. The molecule has 0 fully saturated rings. The van der Waals surface area contributed by atoms with E-state index in [0.717, 1.165) is 20.1 Å². The molecule has 0 saturated carbocycles. The summed E-state index contributed by atoms with van der Waals surface area (Å²) in [6.07, 6.45) is 1.43. The molecule has 1 atom stereocenters. The molecule has 228 valence electrons. The SMILES string of the molecule is COc1cc(/C=c2\sc3n(c2=O)[C@H](c2cc(Br)ccc2OC)C(C(=O)OC(C)C)=C(C)N=3)ccc1OCc1ccc(Br)cc1. The lowest BCUT2D eigenvalue weighted by atomic mass is 9.95. The predicted octanol–water partition coefficient (Wildman–Crippen LogP) is 6.31. The van der Waals surface area contributed by atoms with E-state index in [4.69, 9.17) is 18.9 Å². The van der Waals surface area contributed by atoms with E-state index in [1.54, 1.807) is 47.1 Å². The van der Waals surface area contributed by atoms with Crippen LogP contribution in [0.2, 0.25) is 0 Å². The second-order valence-electron chi connectivity index (χ2n) is 10.2. The molecule has 0 amide bonds. The van der Waals surface area contributed by atoms with Gasteiger partial charge in [0, 0.05) is 14.5 Å². The summed E-state index contributed by atoms with van der Waals surface area (Å²) in [5.41, 5.74) is 2.86. The summed E-state index contributed by atoms with van der Waals surface area (Å²) in [5, 5.41) is 0. The summed E-state index contributed by atoms with van der Waals surface area (Å²) in [6.45, 7) is 5.69. The monoisotopic (exact) mass is 740 g/mol. The number of carbonyl (C=O) groups is 1. The Kier molecular flexibility index (Phi) is 9.77. The first-order chi connectivity index (χ1) is 21.1. The molecule has 44 heavy (non-hydrogen) atoms. The molecule has 1 aromatic heterocycles. The van der Waals surface area contributed by atoms with Crippen molar-refractivity contribution in [3.05, 3.63) is 117 Å². The third-order valence-electron chi connectivity index (χ3n) is 6.86. The lowest BCUT2D eigenvalue weighted by Crippen LogP contribution is -2.40. The van der Waals surface area contributed by atoms with E-state index < -0.39 is 12.0 Å².